The summed E-state index contributed by atoms with van der Waals surface area (Å²) in [4.78, 5) is 29.1. The standard InChI is InChI=1S/C21H34N2O2/c1-2-3-4-19(24)22-5-7-23(8-6-22)20(25)15-21-12-16-9-17(13-21)11-18(10-16)14-21/h16-18H,2-15H2,1H3. The van der Waals surface area contributed by atoms with Gasteiger partial charge in [0.15, 0.2) is 0 Å². The third-order valence-corrected chi connectivity index (χ3v) is 7.42. The van der Waals surface area contributed by atoms with Gasteiger partial charge >= 0.3 is 0 Å². The van der Waals surface area contributed by atoms with Crippen LogP contribution in [0.4, 0.5) is 0 Å². The fourth-order valence-electron chi connectivity index (χ4n) is 6.63. The second kappa shape index (κ2) is 6.92. The van der Waals surface area contributed by atoms with Gasteiger partial charge in [0.25, 0.3) is 0 Å². The maximum Gasteiger partial charge on any atom is 0.223 e. The predicted molar refractivity (Wildman–Crippen MR) is 97.9 cm³/mol. The third kappa shape index (κ3) is 3.59. The molecule has 5 fully saturated rings. The first-order valence-electron chi connectivity index (χ1n) is 10.6. The van der Waals surface area contributed by atoms with Crippen LogP contribution in [0.2, 0.25) is 0 Å². The molecule has 2 amide bonds. The van der Waals surface area contributed by atoms with E-state index < -0.39 is 0 Å². The minimum Gasteiger partial charge on any atom is -0.339 e. The largest absolute Gasteiger partial charge is 0.339 e. The van der Waals surface area contributed by atoms with Gasteiger partial charge in [-0.1, -0.05) is 13.3 Å². The van der Waals surface area contributed by atoms with Crippen molar-refractivity contribution in [1.29, 1.82) is 0 Å². The van der Waals surface area contributed by atoms with Crippen LogP contribution in [0.25, 0.3) is 0 Å². The molecule has 1 heterocycles. The second-order valence-corrected chi connectivity index (χ2v) is 9.46. The molecule has 4 saturated carbocycles. The lowest BCUT2D eigenvalue weighted by molar-refractivity contribution is -0.144. The van der Waals surface area contributed by atoms with Crippen molar-refractivity contribution >= 4 is 11.8 Å². The highest BCUT2D eigenvalue weighted by atomic mass is 16.2. The summed E-state index contributed by atoms with van der Waals surface area (Å²) in [7, 11) is 0. The van der Waals surface area contributed by atoms with Gasteiger partial charge in [-0.15, -0.1) is 0 Å². The first-order valence-corrected chi connectivity index (χ1v) is 10.6. The maximum atomic E-state index is 13.0. The number of nitrogens with zero attached hydrogens (tertiary/aromatic N) is 2. The molecule has 4 heteroatoms. The molecular weight excluding hydrogens is 312 g/mol. The molecule has 0 radical (unpaired) electrons. The van der Waals surface area contributed by atoms with E-state index >= 15 is 0 Å². The van der Waals surface area contributed by atoms with Crippen LogP contribution < -0.4 is 0 Å². The van der Waals surface area contributed by atoms with Crippen molar-refractivity contribution in [3.63, 3.8) is 0 Å². The molecule has 1 aliphatic heterocycles. The summed E-state index contributed by atoms with van der Waals surface area (Å²) in [5, 5.41) is 0. The van der Waals surface area contributed by atoms with E-state index in [0.29, 0.717) is 17.7 Å². The highest BCUT2D eigenvalue weighted by Crippen LogP contribution is 2.61. The summed E-state index contributed by atoms with van der Waals surface area (Å²) in [6.07, 6.45) is 11.7. The molecule has 25 heavy (non-hydrogen) atoms. The Morgan fingerprint density at radius 3 is 1.80 bits per heavy atom. The van der Waals surface area contributed by atoms with Crippen LogP contribution in [0.3, 0.4) is 0 Å². The van der Waals surface area contributed by atoms with Gasteiger partial charge in [-0.3, -0.25) is 9.59 Å². The van der Waals surface area contributed by atoms with E-state index in [9.17, 15) is 9.59 Å². The van der Waals surface area contributed by atoms with Crippen LogP contribution in [0.1, 0.15) is 71.1 Å². The zero-order chi connectivity index (χ0) is 17.4. The van der Waals surface area contributed by atoms with Gasteiger partial charge in [0.05, 0.1) is 0 Å². The van der Waals surface area contributed by atoms with Gasteiger partial charge in [-0.25, -0.2) is 0 Å². The molecule has 4 aliphatic carbocycles. The highest BCUT2D eigenvalue weighted by Gasteiger charge is 2.51. The highest BCUT2D eigenvalue weighted by molar-refractivity contribution is 5.79. The van der Waals surface area contributed by atoms with Gasteiger partial charge in [-0.2, -0.15) is 0 Å². The third-order valence-electron chi connectivity index (χ3n) is 7.42. The van der Waals surface area contributed by atoms with E-state index in [4.69, 9.17) is 0 Å². The Kier molecular flexibility index (Phi) is 4.81. The zero-order valence-electron chi connectivity index (χ0n) is 15.8. The monoisotopic (exact) mass is 346 g/mol. The van der Waals surface area contributed by atoms with E-state index in [1.807, 2.05) is 9.80 Å². The molecule has 0 atom stereocenters. The van der Waals surface area contributed by atoms with Gasteiger partial charge in [0, 0.05) is 39.0 Å². The normalized spacial score (nSPS) is 36.8. The van der Waals surface area contributed by atoms with E-state index in [1.54, 1.807) is 0 Å². The SMILES string of the molecule is CCCCC(=O)N1CCN(C(=O)CC23CC4CC(CC(C4)C2)C3)CC1. The van der Waals surface area contributed by atoms with E-state index in [-0.39, 0.29) is 5.91 Å². The molecule has 1 saturated heterocycles. The molecule has 0 N–H and O–H groups in total. The molecule has 0 spiro atoms. The van der Waals surface area contributed by atoms with Gasteiger partial charge in [0.2, 0.25) is 11.8 Å². The van der Waals surface area contributed by atoms with Crippen LogP contribution >= 0.6 is 0 Å². The number of hydrogen-bond acceptors (Lipinski definition) is 2. The number of rotatable bonds is 5. The van der Waals surface area contributed by atoms with Crippen molar-refractivity contribution in [1.82, 2.24) is 9.80 Å². The van der Waals surface area contributed by atoms with Crippen LogP contribution in [0, 0.1) is 23.2 Å². The quantitative estimate of drug-likeness (QED) is 0.765. The fraction of sp³-hybridized carbons (Fsp3) is 0.905. The lowest BCUT2D eigenvalue weighted by Crippen LogP contribution is -2.53. The number of carbonyl (C=O) groups is 2. The van der Waals surface area contributed by atoms with Crippen molar-refractivity contribution in [3.8, 4) is 0 Å². The molecule has 4 bridgehead atoms. The summed E-state index contributed by atoms with van der Waals surface area (Å²) in [6.45, 7) is 5.06. The first kappa shape index (κ1) is 17.4. The minimum atomic E-state index is 0.273. The minimum absolute atomic E-state index is 0.273. The molecule has 140 valence electrons. The average molecular weight is 347 g/mol. The summed E-state index contributed by atoms with van der Waals surface area (Å²) < 4.78 is 0. The van der Waals surface area contributed by atoms with Crippen molar-refractivity contribution in [2.24, 2.45) is 23.2 Å². The van der Waals surface area contributed by atoms with Crippen molar-refractivity contribution in [2.75, 3.05) is 26.2 Å². The van der Waals surface area contributed by atoms with E-state index in [1.165, 1.54) is 38.5 Å². The van der Waals surface area contributed by atoms with Crippen LogP contribution in [-0.4, -0.2) is 47.8 Å². The Hall–Kier alpha value is -1.06. The molecule has 5 aliphatic rings. The van der Waals surface area contributed by atoms with Crippen molar-refractivity contribution < 1.29 is 9.59 Å². The summed E-state index contributed by atoms with van der Waals surface area (Å²) in [6, 6.07) is 0. The number of carbonyl (C=O) groups excluding carboxylic acids is 2. The molecule has 5 rings (SSSR count). The van der Waals surface area contributed by atoms with Gasteiger partial charge < -0.3 is 9.80 Å². The molecule has 0 aromatic rings. The summed E-state index contributed by atoms with van der Waals surface area (Å²) >= 11 is 0. The van der Waals surface area contributed by atoms with E-state index in [2.05, 4.69) is 6.92 Å². The lowest BCUT2D eigenvalue weighted by Gasteiger charge is -2.57. The summed E-state index contributed by atoms with van der Waals surface area (Å²) in [5.74, 6) is 3.36. The number of unbranched alkanes of at least 4 members (excludes halogenated alkanes) is 1. The van der Waals surface area contributed by atoms with Crippen LogP contribution in [0.5, 0.6) is 0 Å². The number of piperazine rings is 1. The van der Waals surface area contributed by atoms with E-state index in [0.717, 1.165) is 63.2 Å². The van der Waals surface area contributed by atoms with Gasteiger partial charge in [0.1, 0.15) is 0 Å². The smallest absolute Gasteiger partial charge is 0.223 e. The molecule has 4 nitrogen and oxygen atoms in total. The van der Waals surface area contributed by atoms with Crippen molar-refractivity contribution in [2.45, 2.75) is 71.1 Å². The molecule has 0 unspecified atom stereocenters. The van der Waals surface area contributed by atoms with Crippen molar-refractivity contribution in [3.05, 3.63) is 0 Å². The average Bonchev–Trinajstić information content (AvgIpc) is 2.58. The second-order valence-electron chi connectivity index (χ2n) is 9.46. The predicted octanol–water partition coefficient (Wildman–Crippen LogP) is 3.45. The Labute approximate surface area is 152 Å². The Morgan fingerprint density at radius 2 is 1.32 bits per heavy atom. The van der Waals surface area contributed by atoms with Crippen LogP contribution in [0.15, 0.2) is 0 Å². The Morgan fingerprint density at radius 1 is 0.840 bits per heavy atom. The topological polar surface area (TPSA) is 40.6 Å². The first-order chi connectivity index (χ1) is 12.1. The fourth-order valence-corrected chi connectivity index (χ4v) is 6.63. The van der Waals surface area contributed by atoms with Gasteiger partial charge in [-0.05, 0) is 68.1 Å². The Balaban J connectivity index is 1.29. The molecular formula is C21H34N2O2. The van der Waals surface area contributed by atoms with Crippen LogP contribution in [-0.2, 0) is 9.59 Å². The Bertz CT molecular complexity index is 487. The number of hydrogen-bond donors (Lipinski definition) is 0. The summed E-state index contributed by atoms with van der Waals surface area (Å²) in [5.41, 5.74) is 0.333. The number of amides is 2. The lowest BCUT2D eigenvalue weighted by atomic mass is 9.49. The molecule has 0 aromatic heterocycles. The maximum absolute atomic E-state index is 13.0. The molecule has 0 aromatic carbocycles. The zero-order valence-corrected chi connectivity index (χ0v) is 15.8.